The maximum absolute atomic E-state index is 13.3. The molecule has 4 aliphatic carbocycles. The molecule has 208 valence electrons. The number of carbonyl (C=O) groups excluding carboxylic acids is 1. The smallest absolute Gasteiger partial charge is 0.250 e. The molecule has 6 heteroatoms. The summed E-state index contributed by atoms with van der Waals surface area (Å²) in [5, 5.41) is 12.3. The van der Waals surface area contributed by atoms with Gasteiger partial charge in [0.25, 0.3) is 0 Å². The van der Waals surface area contributed by atoms with E-state index in [-0.39, 0.29) is 16.4 Å². The topological polar surface area (TPSA) is 65.0 Å². The van der Waals surface area contributed by atoms with Crippen LogP contribution in [-0.2, 0) is 14.3 Å². The van der Waals surface area contributed by atoms with Crippen LogP contribution in [0.25, 0.3) is 0 Å². The van der Waals surface area contributed by atoms with Gasteiger partial charge in [0.2, 0.25) is 8.32 Å². The molecule has 2 unspecified atom stereocenters. The fourth-order valence-corrected chi connectivity index (χ4v) is 9.35. The fraction of sp³-hybridized carbons (Fsp3) is 0.719. The summed E-state index contributed by atoms with van der Waals surface area (Å²) in [5.74, 6) is 1.58. The highest BCUT2D eigenvalue weighted by molar-refractivity contribution is 6.74. The number of hydrogen-bond acceptors (Lipinski definition) is 5. The van der Waals surface area contributed by atoms with Gasteiger partial charge in [0.1, 0.15) is 11.5 Å². The third-order valence-electron chi connectivity index (χ3n) is 11.4. The number of aliphatic hydroxyl groups is 1. The van der Waals surface area contributed by atoms with Crippen LogP contribution >= 0.6 is 0 Å². The van der Waals surface area contributed by atoms with Crippen molar-refractivity contribution in [1.82, 2.24) is 0 Å². The largest absolute Gasteiger partial charge is 0.543 e. The molecule has 1 aliphatic heterocycles. The van der Waals surface area contributed by atoms with Crippen LogP contribution in [0.15, 0.2) is 35.4 Å². The number of fused-ring (bicyclic) bond motifs is 4. The Balaban J connectivity index is 1.43. The minimum absolute atomic E-state index is 0.114. The van der Waals surface area contributed by atoms with Crippen LogP contribution in [0.3, 0.4) is 0 Å². The molecule has 1 saturated heterocycles. The molecule has 3 saturated carbocycles. The number of allylic oxidation sites excluding steroid dienone is 1. The Morgan fingerprint density at radius 1 is 1.08 bits per heavy atom. The van der Waals surface area contributed by atoms with E-state index in [2.05, 4.69) is 65.1 Å². The summed E-state index contributed by atoms with van der Waals surface area (Å²) in [7, 11) is -1.99. The number of benzene rings is 1. The van der Waals surface area contributed by atoms with Gasteiger partial charge in [-0.3, -0.25) is 4.79 Å². The zero-order chi connectivity index (χ0) is 27.1. The van der Waals surface area contributed by atoms with E-state index in [9.17, 15) is 9.90 Å². The molecule has 0 bridgehead atoms. The Labute approximate surface area is 229 Å². The second kappa shape index (κ2) is 8.76. The van der Waals surface area contributed by atoms with Gasteiger partial charge < -0.3 is 19.0 Å². The molecule has 1 spiro atoms. The lowest BCUT2D eigenvalue weighted by molar-refractivity contribution is -0.208. The maximum Gasteiger partial charge on any atom is 0.250 e. The molecule has 0 aromatic heterocycles. The lowest BCUT2D eigenvalue weighted by atomic mass is 9.51. The van der Waals surface area contributed by atoms with E-state index in [1.807, 2.05) is 0 Å². The molecule has 6 rings (SSSR count). The average molecular weight is 539 g/mol. The van der Waals surface area contributed by atoms with E-state index in [0.29, 0.717) is 43.7 Å². The number of ether oxygens (including phenoxy) is 2. The first kappa shape index (κ1) is 26.7. The first-order valence-corrected chi connectivity index (χ1v) is 17.7. The molecule has 5 atom stereocenters. The van der Waals surface area contributed by atoms with Gasteiger partial charge in [-0.25, -0.2) is 0 Å². The van der Waals surface area contributed by atoms with Crippen LogP contribution in [0.2, 0.25) is 18.1 Å². The summed E-state index contributed by atoms with van der Waals surface area (Å²) in [6.07, 6.45) is 6.27. The molecule has 0 amide bonds. The van der Waals surface area contributed by atoms with Gasteiger partial charge in [-0.1, -0.05) is 45.4 Å². The molecule has 38 heavy (non-hydrogen) atoms. The van der Waals surface area contributed by atoms with Gasteiger partial charge in [0.05, 0.1) is 18.8 Å². The lowest BCUT2D eigenvalue weighted by Crippen LogP contribution is -2.53. The molecule has 0 radical (unpaired) electrons. The van der Waals surface area contributed by atoms with Crippen molar-refractivity contribution in [3.63, 3.8) is 0 Å². The summed E-state index contributed by atoms with van der Waals surface area (Å²) in [4.78, 5) is 13.3. The second-order valence-electron chi connectivity index (χ2n) is 14.6. The minimum Gasteiger partial charge on any atom is -0.543 e. The van der Waals surface area contributed by atoms with E-state index >= 15 is 0 Å². The second-order valence-corrected chi connectivity index (χ2v) is 19.3. The summed E-state index contributed by atoms with van der Waals surface area (Å²) in [5.41, 5.74) is 2.69. The third-order valence-corrected chi connectivity index (χ3v) is 15.7. The highest BCUT2D eigenvalue weighted by Gasteiger charge is 2.60. The van der Waals surface area contributed by atoms with Crippen molar-refractivity contribution < 1.29 is 23.8 Å². The van der Waals surface area contributed by atoms with Crippen molar-refractivity contribution in [2.75, 3.05) is 13.2 Å². The molecule has 1 N–H and O–H groups in total. The van der Waals surface area contributed by atoms with Crippen LogP contribution in [0.1, 0.15) is 90.5 Å². The van der Waals surface area contributed by atoms with Crippen LogP contribution < -0.4 is 4.43 Å². The van der Waals surface area contributed by atoms with Crippen molar-refractivity contribution in [2.45, 2.75) is 114 Å². The quantitative estimate of drug-likeness (QED) is 0.335. The number of ketones is 1. The molecule has 5 nitrogen and oxygen atoms in total. The Morgan fingerprint density at radius 2 is 1.82 bits per heavy atom. The van der Waals surface area contributed by atoms with E-state index in [0.717, 1.165) is 44.3 Å². The molecular formula is C32H46O5Si. The first-order valence-electron chi connectivity index (χ1n) is 14.8. The highest BCUT2D eigenvalue weighted by Crippen LogP contribution is 2.64. The lowest BCUT2D eigenvalue weighted by Gasteiger charge is -2.55. The van der Waals surface area contributed by atoms with Crippen molar-refractivity contribution >= 4 is 14.1 Å². The summed E-state index contributed by atoms with van der Waals surface area (Å²) >= 11 is 0. The average Bonchev–Trinajstić information content (AvgIpc) is 3.40. The maximum atomic E-state index is 13.3. The zero-order valence-corrected chi connectivity index (χ0v) is 25.2. The van der Waals surface area contributed by atoms with Crippen molar-refractivity contribution in [1.29, 1.82) is 0 Å². The minimum atomic E-state index is -1.99. The summed E-state index contributed by atoms with van der Waals surface area (Å²) in [6.45, 7) is 14.8. The Morgan fingerprint density at radius 3 is 2.53 bits per heavy atom. The Hall–Kier alpha value is -1.47. The van der Waals surface area contributed by atoms with Crippen LogP contribution in [-0.4, -0.2) is 43.8 Å². The van der Waals surface area contributed by atoms with E-state index in [1.165, 1.54) is 16.7 Å². The molecule has 1 aromatic carbocycles. The third kappa shape index (κ3) is 4.08. The predicted octanol–water partition coefficient (Wildman–Crippen LogP) is 6.91. The standard InChI is InChI=1S/C32H46O5Si/c1-29(2,3)38(5,6)37-22-9-7-8-21(18-22)24-19-30(4)25(10-11-27(30)33)23-12-14-31(34)20-32(35-16-17-36-32)15-13-26(31)28(23)24/h7-9,18,23-25,34H,10-17,19-20H2,1-6H3/t23?,24-,25?,30+,31-/m1/s1. The van der Waals surface area contributed by atoms with E-state index in [1.54, 1.807) is 0 Å². The van der Waals surface area contributed by atoms with Gasteiger partial charge in [0.15, 0.2) is 5.79 Å². The SMILES string of the molecule is CC(C)(C)[Si](C)(C)Oc1cccc([C@H]2C[C@]3(C)C(=O)CCC3C3CC[C@@]4(O)CC5(CCC4=C32)OCCO5)c1. The molecule has 1 aromatic rings. The highest BCUT2D eigenvalue weighted by atomic mass is 28.4. The van der Waals surface area contributed by atoms with Gasteiger partial charge in [-0.15, -0.1) is 0 Å². The van der Waals surface area contributed by atoms with Crippen molar-refractivity contribution in [3.05, 3.63) is 41.0 Å². The van der Waals surface area contributed by atoms with Crippen LogP contribution in [0.4, 0.5) is 0 Å². The van der Waals surface area contributed by atoms with Gasteiger partial charge >= 0.3 is 0 Å². The molecule has 1 heterocycles. The Bertz CT molecular complexity index is 1160. The number of hydrogen-bond donors (Lipinski definition) is 1. The van der Waals surface area contributed by atoms with Gasteiger partial charge in [-0.05, 0) is 85.3 Å². The monoisotopic (exact) mass is 538 g/mol. The number of Topliss-reactive ketones (excluding diaryl/α,β-unsaturated/α-hetero) is 1. The zero-order valence-electron chi connectivity index (χ0n) is 24.2. The number of carbonyl (C=O) groups is 1. The molecule has 5 aliphatic rings. The van der Waals surface area contributed by atoms with Crippen molar-refractivity contribution in [3.8, 4) is 5.75 Å². The first-order chi connectivity index (χ1) is 17.8. The fourth-order valence-electron chi connectivity index (χ4n) is 8.33. The van der Waals surface area contributed by atoms with Gasteiger partial charge in [0, 0.05) is 30.6 Å². The Kier molecular flexibility index (Phi) is 6.16. The molecular weight excluding hydrogens is 492 g/mol. The van der Waals surface area contributed by atoms with Crippen LogP contribution in [0, 0.1) is 17.3 Å². The molecule has 4 fully saturated rings. The van der Waals surface area contributed by atoms with Crippen molar-refractivity contribution in [2.24, 2.45) is 17.3 Å². The summed E-state index contributed by atoms with van der Waals surface area (Å²) < 4.78 is 18.9. The van der Waals surface area contributed by atoms with Crippen LogP contribution in [0.5, 0.6) is 5.75 Å². The van der Waals surface area contributed by atoms with Gasteiger partial charge in [-0.2, -0.15) is 0 Å². The van der Waals surface area contributed by atoms with E-state index < -0.39 is 19.7 Å². The van der Waals surface area contributed by atoms with E-state index in [4.69, 9.17) is 13.9 Å². The summed E-state index contributed by atoms with van der Waals surface area (Å²) in [6, 6.07) is 8.66. The number of rotatable bonds is 3. The normalized spacial score (nSPS) is 36.7. The predicted molar refractivity (Wildman–Crippen MR) is 151 cm³/mol.